The summed E-state index contributed by atoms with van der Waals surface area (Å²) in [5, 5.41) is 0. The van der Waals surface area contributed by atoms with E-state index in [2.05, 4.69) is 25.7 Å². The second kappa shape index (κ2) is 10.6. The van der Waals surface area contributed by atoms with Crippen molar-refractivity contribution in [1.29, 1.82) is 0 Å². The molecule has 21 heavy (non-hydrogen) atoms. The molecule has 1 atom stereocenters. The maximum Gasteiger partial charge on any atom is 0.0304 e. The fourth-order valence-corrected chi connectivity index (χ4v) is 3.56. The number of unbranched alkanes of at least 4 members (excludes halogenated alkanes) is 7. The molecule has 1 saturated heterocycles. The van der Waals surface area contributed by atoms with Gasteiger partial charge in [-0.2, -0.15) is 0 Å². The van der Waals surface area contributed by atoms with Crippen LogP contribution in [0.5, 0.6) is 0 Å². The summed E-state index contributed by atoms with van der Waals surface area (Å²) in [7, 11) is 0. The predicted octanol–water partition coefficient (Wildman–Crippen LogP) is 5.11. The average Bonchev–Trinajstić information content (AvgIpc) is 2.50. The van der Waals surface area contributed by atoms with Crippen molar-refractivity contribution in [1.82, 2.24) is 4.90 Å². The summed E-state index contributed by atoms with van der Waals surface area (Å²) in [5.41, 5.74) is 6.70. The Morgan fingerprint density at radius 2 is 1.38 bits per heavy atom. The first-order chi connectivity index (χ1) is 10.1. The van der Waals surface area contributed by atoms with Crippen molar-refractivity contribution in [2.75, 3.05) is 13.1 Å². The number of likely N-dealkylation sites (tertiary alicyclic amines) is 1. The Labute approximate surface area is 133 Å². The van der Waals surface area contributed by atoms with Gasteiger partial charge in [0.25, 0.3) is 0 Å². The highest BCUT2D eigenvalue weighted by Crippen LogP contribution is 2.25. The first-order valence-electron chi connectivity index (χ1n) is 9.59. The number of rotatable bonds is 11. The van der Waals surface area contributed by atoms with Crippen molar-refractivity contribution in [3.8, 4) is 0 Å². The molecule has 0 radical (unpaired) electrons. The summed E-state index contributed by atoms with van der Waals surface area (Å²) in [6.07, 6.45) is 16.4. The van der Waals surface area contributed by atoms with Crippen LogP contribution < -0.4 is 5.73 Å². The van der Waals surface area contributed by atoms with E-state index in [1.165, 1.54) is 90.1 Å². The highest BCUT2D eigenvalue weighted by Gasteiger charge is 2.33. The first kappa shape index (κ1) is 19.0. The molecule has 0 amide bonds. The lowest BCUT2D eigenvalue weighted by Gasteiger charge is -2.44. The molecule has 2 nitrogen and oxygen atoms in total. The molecule has 0 spiro atoms. The number of piperidine rings is 1. The van der Waals surface area contributed by atoms with Gasteiger partial charge >= 0.3 is 0 Å². The topological polar surface area (TPSA) is 29.3 Å². The van der Waals surface area contributed by atoms with E-state index in [9.17, 15) is 0 Å². The van der Waals surface area contributed by atoms with Crippen LogP contribution in [0.1, 0.15) is 97.8 Å². The smallest absolute Gasteiger partial charge is 0.0304 e. The Morgan fingerprint density at radius 3 is 1.95 bits per heavy atom. The van der Waals surface area contributed by atoms with Gasteiger partial charge in [0.05, 0.1) is 0 Å². The van der Waals surface area contributed by atoms with Gasteiger partial charge in [0.15, 0.2) is 0 Å². The maximum absolute atomic E-state index is 6.52. The van der Waals surface area contributed by atoms with Crippen molar-refractivity contribution >= 4 is 0 Å². The zero-order valence-corrected chi connectivity index (χ0v) is 15.0. The molecule has 1 fully saturated rings. The predicted molar refractivity (Wildman–Crippen MR) is 94.7 cm³/mol. The minimum absolute atomic E-state index is 0.182. The van der Waals surface area contributed by atoms with Crippen LogP contribution >= 0.6 is 0 Å². The van der Waals surface area contributed by atoms with E-state index < -0.39 is 0 Å². The molecule has 1 rings (SSSR count). The van der Waals surface area contributed by atoms with E-state index in [4.69, 9.17) is 5.73 Å². The number of hydrogen-bond acceptors (Lipinski definition) is 2. The lowest BCUT2D eigenvalue weighted by molar-refractivity contribution is 0.0698. The highest BCUT2D eigenvalue weighted by molar-refractivity contribution is 4.92. The van der Waals surface area contributed by atoms with Crippen LogP contribution in [0.15, 0.2) is 0 Å². The van der Waals surface area contributed by atoms with E-state index in [1.54, 1.807) is 0 Å². The second-order valence-corrected chi connectivity index (χ2v) is 7.57. The molecule has 1 unspecified atom stereocenters. The van der Waals surface area contributed by atoms with E-state index in [1.807, 2.05) is 0 Å². The van der Waals surface area contributed by atoms with Gasteiger partial charge in [-0.05, 0) is 46.2 Å². The minimum atomic E-state index is 0.182. The van der Waals surface area contributed by atoms with Crippen LogP contribution in [0, 0.1) is 0 Å². The summed E-state index contributed by atoms with van der Waals surface area (Å²) < 4.78 is 0. The molecule has 0 aromatic heterocycles. The van der Waals surface area contributed by atoms with Gasteiger partial charge in [0.2, 0.25) is 0 Å². The van der Waals surface area contributed by atoms with Gasteiger partial charge in [-0.1, -0.05) is 64.7 Å². The molecule has 2 heteroatoms. The second-order valence-electron chi connectivity index (χ2n) is 7.57. The summed E-state index contributed by atoms with van der Waals surface area (Å²) in [4.78, 5) is 2.63. The number of nitrogens with two attached hydrogens (primary N) is 1. The summed E-state index contributed by atoms with van der Waals surface area (Å²) in [6, 6.07) is 0.329. The molecule has 1 aliphatic rings. The Kier molecular flexibility index (Phi) is 9.59. The van der Waals surface area contributed by atoms with E-state index in [0.29, 0.717) is 6.04 Å². The molecule has 0 aromatic rings. The SMILES string of the molecule is CCCCCCCCCCC(N)C(C)(C)N1CCCCC1. The molecule has 1 aliphatic heterocycles. The Hall–Kier alpha value is -0.0800. The van der Waals surface area contributed by atoms with Crippen LogP contribution in [0.4, 0.5) is 0 Å². The molecular weight excluding hydrogens is 256 g/mol. The lowest BCUT2D eigenvalue weighted by Crippen LogP contribution is -2.57. The summed E-state index contributed by atoms with van der Waals surface area (Å²) in [6.45, 7) is 9.49. The van der Waals surface area contributed by atoms with Crippen molar-refractivity contribution in [2.45, 2.75) is 109 Å². The third-order valence-corrected chi connectivity index (χ3v) is 5.45. The van der Waals surface area contributed by atoms with Gasteiger partial charge in [-0.25, -0.2) is 0 Å². The molecule has 0 aliphatic carbocycles. The highest BCUT2D eigenvalue weighted by atomic mass is 15.2. The van der Waals surface area contributed by atoms with Gasteiger partial charge in [0.1, 0.15) is 0 Å². The average molecular weight is 297 g/mol. The molecule has 0 saturated carbocycles. The zero-order chi connectivity index (χ0) is 15.6. The third-order valence-electron chi connectivity index (χ3n) is 5.45. The largest absolute Gasteiger partial charge is 0.326 e. The van der Waals surface area contributed by atoms with Crippen LogP contribution in [0.25, 0.3) is 0 Å². The molecule has 0 bridgehead atoms. The van der Waals surface area contributed by atoms with Crippen molar-refractivity contribution in [2.24, 2.45) is 5.73 Å². The Morgan fingerprint density at radius 1 is 0.857 bits per heavy atom. The maximum atomic E-state index is 6.52. The van der Waals surface area contributed by atoms with Crippen LogP contribution in [0.2, 0.25) is 0 Å². The standard InChI is InChI=1S/C19H40N2/c1-4-5-6-7-8-9-10-12-15-18(20)19(2,3)21-16-13-11-14-17-21/h18H,4-17,20H2,1-3H3. The van der Waals surface area contributed by atoms with E-state index in [0.717, 1.165) is 0 Å². The minimum Gasteiger partial charge on any atom is -0.326 e. The van der Waals surface area contributed by atoms with Gasteiger partial charge in [-0.3, -0.25) is 4.90 Å². The monoisotopic (exact) mass is 296 g/mol. The third kappa shape index (κ3) is 7.15. The number of hydrogen-bond donors (Lipinski definition) is 1. The van der Waals surface area contributed by atoms with E-state index >= 15 is 0 Å². The summed E-state index contributed by atoms with van der Waals surface area (Å²) >= 11 is 0. The zero-order valence-electron chi connectivity index (χ0n) is 15.0. The van der Waals surface area contributed by atoms with Crippen molar-refractivity contribution in [3.63, 3.8) is 0 Å². The van der Waals surface area contributed by atoms with Crippen molar-refractivity contribution in [3.05, 3.63) is 0 Å². The Balaban J connectivity index is 2.10. The van der Waals surface area contributed by atoms with Crippen molar-refractivity contribution < 1.29 is 0 Å². The molecule has 1 heterocycles. The molecule has 0 aromatic carbocycles. The number of nitrogens with zero attached hydrogens (tertiary/aromatic N) is 1. The van der Waals surface area contributed by atoms with Gasteiger partial charge in [-0.15, -0.1) is 0 Å². The van der Waals surface area contributed by atoms with Gasteiger partial charge in [0, 0.05) is 11.6 Å². The quantitative estimate of drug-likeness (QED) is 0.537. The lowest BCUT2D eigenvalue weighted by atomic mass is 9.87. The van der Waals surface area contributed by atoms with Crippen LogP contribution in [-0.2, 0) is 0 Å². The summed E-state index contributed by atoms with van der Waals surface area (Å²) in [5.74, 6) is 0. The molecule has 126 valence electrons. The first-order valence-corrected chi connectivity index (χ1v) is 9.59. The Bertz CT molecular complexity index is 244. The van der Waals surface area contributed by atoms with Crippen LogP contribution in [-0.4, -0.2) is 29.6 Å². The fourth-order valence-electron chi connectivity index (χ4n) is 3.56. The molecular formula is C19H40N2. The van der Waals surface area contributed by atoms with E-state index in [-0.39, 0.29) is 5.54 Å². The van der Waals surface area contributed by atoms with Gasteiger partial charge < -0.3 is 5.73 Å². The molecule has 2 N–H and O–H groups in total. The normalized spacial score (nSPS) is 18.9. The fraction of sp³-hybridized carbons (Fsp3) is 1.00. The van der Waals surface area contributed by atoms with Crippen LogP contribution in [0.3, 0.4) is 0 Å².